The lowest BCUT2D eigenvalue weighted by atomic mass is 10.1. The van der Waals surface area contributed by atoms with E-state index in [-0.39, 0.29) is 19.3 Å². The zero-order valence-corrected chi connectivity index (χ0v) is 46.9. The number of esters is 3. The minimum absolute atomic E-state index is 0.0894. The highest BCUT2D eigenvalue weighted by Gasteiger charge is 2.28. The van der Waals surface area contributed by atoms with Crippen molar-refractivity contribution >= 4 is 25.7 Å². The van der Waals surface area contributed by atoms with Crippen LogP contribution < -0.4 is 0 Å². The fourth-order valence-corrected chi connectivity index (χ4v) is 7.62. The standard InChI is InChI=1S/C62H99O11P/c1-4-7-10-13-16-19-22-25-27-28-29-30-32-35-38-41-44-47-50-53-62(66)73-59(55-69-60(64)51-48-45-42-39-36-33-24-21-18-15-12-9-6-3)57-71-74(67,68)70-56-58(54-63)72-61(65)52-49-46-43-40-37-34-31-26-23-20-17-14-11-8-5-2/h7,9-10,12,16-21,25-27,29-31,33,35-36,38,42,45,58-59,63H,4-6,8,11,13-15,22-24,28,32,34,37,39-41,43-44,46-57H2,1-3H3,(H,67,68)/b10-7-,12-9-,19-16-,20-17-,21-18-,27-25-,30-29-,31-26-,36-33-,38-35-,45-42-. The smallest absolute Gasteiger partial charge is 0.462 e. The second-order valence-corrected chi connectivity index (χ2v) is 19.4. The van der Waals surface area contributed by atoms with E-state index in [2.05, 4.69) is 142 Å². The number of ether oxygens (including phenoxy) is 3. The molecule has 0 radical (unpaired) electrons. The third-order valence-electron chi connectivity index (χ3n) is 11.1. The maximum absolute atomic E-state index is 12.9. The Morgan fingerprint density at radius 2 is 0.730 bits per heavy atom. The van der Waals surface area contributed by atoms with E-state index in [1.807, 2.05) is 12.2 Å². The normalized spacial score (nSPS) is 14.4. The molecule has 3 atom stereocenters. The molecule has 12 heteroatoms. The number of hydrogen-bond acceptors (Lipinski definition) is 10. The molecule has 0 heterocycles. The summed E-state index contributed by atoms with van der Waals surface area (Å²) in [5.41, 5.74) is 0. The van der Waals surface area contributed by atoms with Crippen molar-refractivity contribution in [3.8, 4) is 0 Å². The molecule has 0 aromatic heterocycles. The zero-order chi connectivity index (χ0) is 54.1. The van der Waals surface area contributed by atoms with Crippen LogP contribution in [0, 0.1) is 0 Å². The van der Waals surface area contributed by atoms with Gasteiger partial charge in [0, 0.05) is 19.3 Å². The van der Waals surface area contributed by atoms with E-state index < -0.39 is 64.4 Å². The van der Waals surface area contributed by atoms with Crippen LogP contribution in [0.2, 0.25) is 0 Å². The van der Waals surface area contributed by atoms with E-state index in [9.17, 15) is 28.9 Å². The van der Waals surface area contributed by atoms with Gasteiger partial charge in [0.1, 0.15) is 12.7 Å². The van der Waals surface area contributed by atoms with Crippen molar-refractivity contribution in [3.05, 3.63) is 134 Å². The Kier molecular flexibility index (Phi) is 51.6. The monoisotopic (exact) mass is 1050 g/mol. The molecule has 0 aliphatic heterocycles. The summed E-state index contributed by atoms with van der Waals surface area (Å²) in [7, 11) is -4.78. The maximum Gasteiger partial charge on any atom is 0.472 e. The number of aliphatic hydroxyl groups is 1. The number of carbonyl (C=O) groups is 3. The summed E-state index contributed by atoms with van der Waals surface area (Å²) in [6.07, 6.45) is 68.6. The highest BCUT2D eigenvalue weighted by atomic mass is 31.2. The van der Waals surface area contributed by atoms with E-state index in [0.29, 0.717) is 19.3 Å². The Hall–Kier alpha value is -4.38. The predicted octanol–water partition coefficient (Wildman–Crippen LogP) is 16.6. The third-order valence-corrected chi connectivity index (χ3v) is 12.0. The van der Waals surface area contributed by atoms with Gasteiger partial charge in [-0.1, -0.05) is 193 Å². The van der Waals surface area contributed by atoms with Gasteiger partial charge in [0.05, 0.1) is 19.8 Å². The molecule has 0 saturated heterocycles. The van der Waals surface area contributed by atoms with Crippen LogP contribution >= 0.6 is 7.82 Å². The topological polar surface area (TPSA) is 155 Å². The molecule has 0 saturated carbocycles. The Labute approximate surface area is 449 Å². The fourth-order valence-electron chi connectivity index (χ4n) is 6.84. The zero-order valence-electron chi connectivity index (χ0n) is 46.0. The summed E-state index contributed by atoms with van der Waals surface area (Å²) < 4.78 is 39.3. The van der Waals surface area contributed by atoms with Crippen LogP contribution in [0.1, 0.15) is 201 Å². The highest BCUT2D eigenvalue weighted by molar-refractivity contribution is 7.47. The van der Waals surface area contributed by atoms with Crippen molar-refractivity contribution in [2.45, 2.75) is 213 Å². The molecular weight excluding hydrogens is 952 g/mol. The molecule has 0 aliphatic carbocycles. The van der Waals surface area contributed by atoms with Gasteiger partial charge in [-0.25, -0.2) is 4.57 Å². The minimum Gasteiger partial charge on any atom is -0.462 e. The lowest BCUT2D eigenvalue weighted by Gasteiger charge is -2.21. The van der Waals surface area contributed by atoms with Gasteiger partial charge in [-0.3, -0.25) is 23.4 Å². The van der Waals surface area contributed by atoms with Gasteiger partial charge >= 0.3 is 25.7 Å². The summed E-state index contributed by atoms with van der Waals surface area (Å²) in [6.45, 7) is 4.22. The Balaban J connectivity index is 4.88. The van der Waals surface area contributed by atoms with Gasteiger partial charge in [0.2, 0.25) is 0 Å². The summed E-state index contributed by atoms with van der Waals surface area (Å²) in [5.74, 6) is -1.63. The maximum atomic E-state index is 12.9. The van der Waals surface area contributed by atoms with Gasteiger partial charge in [-0.2, -0.15) is 0 Å². The van der Waals surface area contributed by atoms with Crippen LogP contribution in [0.25, 0.3) is 0 Å². The van der Waals surface area contributed by atoms with E-state index in [4.69, 9.17) is 23.3 Å². The summed E-state index contributed by atoms with van der Waals surface area (Å²) in [6, 6.07) is 0. The van der Waals surface area contributed by atoms with Crippen molar-refractivity contribution < 1.29 is 52.2 Å². The first-order valence-electron chi connectivity index (χ1n) is 28.1. The van der Waals surface area contributed by atoms with Crippen LogP contribution in [0.15, 0.2) is 134 Å². The van der Waals surface area contributed by atoms with Crippen LogP contribution in [0.4, 0.5) is 0 Å². The Morgan fingerprint density at radius 3 is 1.15 bits per heavy atom. The first kappa shape index (κ1) is 69.6. The number of phosphoric ester groups is 1. The largest absolute Gasteiger partial charge is 0.472 e. The molecule has 0 aromatic carbocycles. The van der Waals surface area contributed by atoms with Crippen molar-refractivity contribution in [2.24, 2.45) is 0 Å². The van der Waals surface area contributed by atoms with Crippen LogP contribution in [-0.4, -0.2) is 66.5 Å². The fraction of sp³-hybridized carbons (Fsp3) is 0.597. The van der Waals surface area contributed by atoms with Gasteiger partial charge in [-0.05, 0) is 122 Å². The molecule has 0 rings (SSSR count). The van der Waals surface area contributed by atoms with Gasteiger partial charge in [0.15, 0.2) is 6.10 Å². The molecule has 2 N–H and O–H groups in total. The molecule has 11 nitrogen and oxygen atoms in total. The van der Waals surface area contributed by atoms with Crippen molar-refractivity contribution in [1.82, 2.24) is 0 Å². The van der Waals surface area contributed by atoms with Crippen molar-refractivity contribution in [2.75, 3.05) is 26.4 Å². The van der Waals surface area contributed by atoms with Crippen LogP contribution in [-0.2, 0) is 42.2 Å². The van der Waals surface area contributed by atoms with Crippen LogP contribution in [0.3, 0.4) is 0 Å². The molecule has 418 valence electrons. The number of allylic oxidation sites excluding steroid dienone is 22. The molecule has 0 aliphatic rings. The van der Waals surface area contributed by atoms with E-state index in [0.717, 1.165) is 122 Å². The molecule has 0 spiro atoms. The number of hydrogen-bond donors (Lipinski definition) is 2. The molecular formula is C62H99O11P. The molecule has 0 bridgehead atoms. The number of rotatable bonds is 50. The van der Waals surface area contributed by atoms with E-state index in [1.54, 1.807) is 0 Å². The summed E-state index contributed by atoms with van der Waals surface area (Å²) in [5, 5.41) is 9.81. The molecule has 0 fully saturated rings. The van der Waals surface area contributed by atoms with Gasteiger partial charge < -0.3 is 24.2 Å². The lowest BCUT2D eigenvalue weighted by Crippen LogP contribution is -2.30. The van der Waals surface area contributed by atoms with Gasteiger partial charge in [0.25, 0.3) is 0 Å². The van der Waals surface area contributed by atoms with Crippen molar-refractivity contribution in [1.29, 1.82) is 0 Å². The number of phosphoric acid groups is 1. The Bertz CT molecular complexity index is 1750. The summed E-state index contributed by atoms with van der Waals surface area (Å²) >= 11 is 0. The molecule has 0 amide bonds. The second kappa shape index (κ2) is 54.9. The van der Waals surface area contributed by atoms with E-state index >= 15 is 0 Å². The second-order valence-electron chi connectivity index (χ2n) is 18.0. The Morgan fingerprint density at radius 1 is 0.392 bits per heavy atom. The first-order valence-corrected chi connectivity index (χ1v) is 29.6. The van der Waals surface area contributed by atoms with Gasteiger partial charge in [-0.15, -0.1) is 0 Å². The van der Waals surface area contributed by atoms with Crippen LogP contribution in [0.5, 0.6) is 0 Å². The molecule has 3 unspecified atom stereocenters. The lowest BCUT2D eigenvalue weighted by molar-refractivity contribution is -0.161. The van der Waals surface area contributed by atoms with Crippen molar-refractivity contribution in [3.63, 3.8) is 0 Å². The predicted molar refractivity (Wildman–Crippen MR) is 306 cm³/mol. The minimum atomic E-state index is -4.78. The highest BCUT2D eigenvalue weighted by Crippen LogP contribution is 2.43. The number of unbranched alkanes of at least 4 members (excludes halogenated alkanes) is 11. The average Bonchev–Trinajstić information content (AvgIpc) is 3.39. The summed E-state index contributed by atoms with van der Waals surface area (Å²) in [4.78, 5) is 48.4. The molecule has 0 aromatic rings. The molecule has 74 heavy (non-hydrogen) atoms. The quantitative estimate of drug-likeness (QED) is 0.0197. The van der Waals surface area contributed by atoms with E-state index in [1.165, 1.54) is 19.3 Å². The number of aliphatic hydroxyl groups excluding tert-OH is 1. The average molecular weight is 1050 g/mol. The first-order chi connectivity index (χ1) is 36.2. The number of carbonyl (C=O) groups excluding carboxylic acids is 3. The SMILES string of the molecule is CC/C=C\C/C=C\C/C=C\C/C=C\C/C=C\CCCCCC(=O)OC(COC(=O)CC/C=C\C/C=C\C/C=C\C/C=C\CC)COP(=O)(O)OCC(CO)OC(=O)CCCCCCC/C=C\C/C=C\CCCCC. The third kappa shape index (κ3) is 52.5.